The molecule has 2 aromatic rings. The summed E-state index contributed by atoms with van der Waals surface area (Å²) >= 11 is 5.91. The molecule has 116 valence electrons. The van der Waals surface area contributed by atoms with Crippen LogP contribution < -0.4 is 15.6 Å². The molecule has 1 heterocycles. The first-order valence-electron chi connectivity index (χ1n) is 6.59. The topological polar surface area (TPSA) is 73.2 Å². The molecule has 1 aromatic carbocycles. The summed E-state index contributed by atoms with van der Waals surface area (Å²) in [7, 11) is 1.49. The Morgan fingerprint density at radius 1 is 1.36 bits per heavy atom. The summed E-state index contributed by atoms with van der Waals surface area (Å²) in [5, 5.41) is 7.23. The monoisotopic (exact) mass is 321 g/mol. The zero-order valence-corrected chi connectivity index (χ0v) is 13.3. The van der Waals surface area contributed by atoms with Crippen LogP contribution in [0.2, 0.25) is 5.02 Å². The first kappa shape index (κ1) is 16.0. The maximum Gasteiger partial charge on any atom is 0.267 e. The number of amides is 1. The standard InChI is InChI=1S/C15H16ClN3O3/c1-9-6-15(21)19(18-10(9)2)8-14(20)17-12-7-11(16)4-5-13(12)22-3/h4-7H,8H2,1-3H3,(H,17,20). The molecule has 0 unspecified atom stereocenters. The minimum absolute atomic E-state index is 0.185. The van der Waals surface area contributed by atoms with Crippen molar-refractivity contribution in [2.45, 2.75) is 20.4 Å². The van der Waals surface area contributed by atoms with E-state index in [1.54, 1.807) is 32.0 Å². The van der Waals surface area contributed by atoms with Crippen LogP contribution in [-0.2, 0) is 11.3 Å². The number of nitrogens with zero attached hydrogens (tertiary/aromatic N) is 2. The van der Waals surface area contributed by atoms with Crippen molar-refractivity contribution >= 4 is 23.2 Å². The molecular weight excluding hydrogens is 306 g/mol. The van der Waals surface area contributed by atoms with Crippen LogP contribution >= 0.6 is 11.6 Å². The molecule has 0 bridgehead atoms. The van der Waals surface area contributed by atoms with Crippen LogP contribution in [0.15, 0.2) is 29.1 Å². The Kier molecular flexibility index (Phi) is 4.82. The van der Waals surface area contributed by atoms with Gasteiger partial charge in [0.05, 0.1) is 18.5 Å². The SMILES string of the molecule is COc1ccc(Cl)cc1NC(=O)Cn1nc(C)c(C)cc1=O. The lowest BCUT2D eigenvalue weighted by molar-refractivity contribution is -0.117. The average Bonchev–Trinajstić information content (AvgIpc) is 2.45. The molecule has 0 aliphatic carbocycles. The van der Waals surface area contributed by atoms with Crippen molar-refractivity contribution in [3.8, 4) is 5.75 Å². The van der Waals surface area contributed by atoms with E-state index >= 15 is 0 Å². The van der Waals surface area contributed by atoms with E-state index in [0.29, 0.717) is 22.2 Å². The Morgan fingerprint density at radius 3 is 2.77 bits per heavy atom. The lowest BCUT2D eigenvalue weighted by atomic mass is 10.2. The quantitative estimate of drug-likeness (QED) is 0.936. The second kappa shape index (κ2) is 6.62. The Balaban J connectivity index is 2.19. The third-order valence-corrected chi connectivity index (χ3v) is 3.40. The Hall–Kier alpha value is -2.34. The number of halogens is 1. The van der Waals surface area contributed by atoms with Crippen molar-refractivity contribution in [2.75, 3.05) is 12.4 Å². The zero-order valence-electron chi connectivity index (χ0n) is 12.5. The van der Waals surface area contributed by atoms with Gasteiger partial charge in [-0.15, -0.1) is 0 Å². The number of aryl methyl sites for hydroxylation is 2. The van der Waals surface area contributed by atoms with Gasteiger partial charge in [-0.25, -0.2) is 4.68 Å². The number of ether oxygens (including phenoxy) is 1. The molecule has 0 aliphatic heterocycles. The first-order valence-corrected chi connectivity index (χ1v) is 6.97. The van der Waals surface area contributed by atoms with Crippen LogP contribution in [0, 0.1) is 13.8 Å². The van der Waals surface area contributed by atoms with Gasteiger partial charge in [-0.05, 0) is 37.6 Å². The molecule has 0 aliphatic rings. The fraction of sp³-hybridized carbons (Fsp3) is 0.267. The smallest absolute Gasteiger partial charge is 0.267 e. The van der Waals surface area contributed by atoms with Crippen molar-refractivity contribution in [1.29, 1.82) is 0 Å². The van der Waals surface area contributed by atoms with Crippen molar-refractivity contribution in [3.63, 3.8) is 0 Å². The van der Waals surface area contributed by atoms with Crippen LogP contribution in [0.1, 0.15) is 11.3 Å². The summed E-state index contributed by atoms with van der Waals surface area (Å²) in [4.78, 5) is 23.9. The van der Waals surface area contributed by atoms with Crippen molar-refractivity contribution in [3.05, 3.63) is 50.9 Å². The van der Waals surface area contributed by atoms with Gasteiger partial charge in [0.25, 0.3) is 5.56 Å². The number of rotatable bonds is 4. The number of aromatic nitrogens is 2. The lowest BCUT2D eigenvalue weighted by Gasteiger charge is -2.11. The number of carbonyl (C=O) groups excluding carboxylic acids is 1. The molecule has 0 atom stereocenters. The summed E-state index contributed by atoms with van der Waals surface area (Å²) in [6, 6.07) is 6.34. The molecule has 0 saturated heterocycles. The Bertz CT molecular complexity index is 771. The molecule has 0 fully saturated rings. The average molecular weight is 322 g/mol. The molecule has 1 N–H and O–H groups in total. The summed E-state index contributed by atoms with van der Waals surface area (Å²) in [6.45, 7) is 3.39. The van der Waals surface area contributed by atoms with E-state index in [2.05, 4.69) is 10.4 Å². The minimum atomic E-state index is -0.390. The van der Waals surface area contributed by atoms with E-state index in [1.165, 1.54) is 13.2 Å². The molecule has 2 rings (SSSR count). The highest BCUT2D eigenvalue weighted by molar-refractivity contribution is 6.31. The molecule has 7 heteroatoms. The maximum absolute atomic E-state index is 12.1. The van der Waals surface area contributed by atoms with Gasteiger partial charge in [-0.2, -0.15) is 5.10 Å². The second-order valence-corrected chi connectivity index (χ2v) is 5.24. The van der Waals surface area contributed by atoms with Gasteiger partial charge in [-0.3, -0.25) is 9.59 Å². The first-order chi connectivity index (χ1) is 10.4. The number of methoxy groups -OCH3 is 1. The van der Waals surface area contributed by atoms with E-state index in [0.717, 1.165) is 10.2 Å². The van der Waals surface area contributed by atoms with E-state index in [9.17, 15) is 9.59 Å². The number of hydrogen-bond donors (Lipinski definition) is 1. The molecular formula is C15H16ClN3O3. The van der Waals surface area contributed by atoms with Gasteiger partial charge in [0.1, 0.15) is 12.3 Å². The third kappa shape index (κ3) is 3.65. The predicted octanol–water partition coefficient (Wildman–Crippen LogP) is 2.16. The number of nitrogens with one attached hydrogen (secondary N) is 1. The van der Waals surface area contributed by atoms with Gasteiger partial charge in [-0.1, -0.05) is 11.6 Å². The maximum atomic E-state index is 12.1. The summed E-state index contributed by atoms with van der Waals surface area (Å²) in [5.74, 6) is 0.0940. The van der Waals surface area contributed by atoms with E-state index in [1.807, 2.05) is 0 Å². The molecule has 1 aromatic heterocycles. The molecule has 0 saturated carbocycles. The highest BCUT2D eigenvalue weighted by Gasteiger charge is 2.11. The normalized spacial score (nSPS) is 10.4. The van der Waals surface area contributed by atoms with Gasteiger partial charge >= 0.3 is 0 Å². The van der Waals surface area contributed by atoms with Gasteiger partial charge in [0.2, 0.25) is 5.91 Å². The zero-order chi connectivity index (χ0) is 16.3. The highest BCUT2D eigenvalue weighted by Crippen LogP contribution is 2.27. The number of carbonyl (C=O) groups is 1. The number of anilines is 1. The molecule has 22 heavy (non-hydrogen) atoms. The van der Waals surface area contributed by atoms with E-state index in [-0.39, 0.29) is 12.1 Å². The minimum Gasteiger partial charge on any atom is -0.495 e. The highest BCUT2D eigenvalue weighted by atomic mass is 35.5. The van der Waals surface area contributed by atoms with Crippen LogP contribution in [0.4, 0.5) is 5.69 Å². The van der Waals surface area contributed by atoms with E-state index in [4.69, 9.17) is 16.3 Å². The molecule has 0 spiro atoms. The summed E-state index contributed by atoms with van der Waals surface area (Å²) in [5.41, 5.74) is 1.61. The largest absolute Gasteiger partial charge is 0.495 e. The van der Waals surface area contributed by atoms with Crippen molar-refractivity contribution < 1.29 is 9.53 Å². The van der Waals surface area contributed by atoms with Gasteiger partial charge < -0.3 is 10.1 Å². The van der Waals surface area contributed by atoms with Crippen LogP contribution in [0.25, 0.3) is 0 Å². The molecule has 6 nitrogen and oxygen atoms in total. The van der Waals surface area contributed by atoms with Gasteiger partial charge in [0, 0.05) is 11.1 Å². The second-order valence-electron chi connectivity index (χ2n) is 4.80. The number of hydrogen-bond acceptors (Lipinski definition) is 4. The predicted molar refractivity (Wildman–Crippen MR) is 84.6 cm³/mol. The van der Waals surface area contributed by atoms with Crippen LogP contribution in [0.3, 0.4) is 0 Å². The third-order valence-electron chi connectivity index (χ3n) is 3.16. The fourth-order valence-corrected chi connectivity index (χ4v) is 2.06. The summed E-state index contributed by atoms with van der Waals surface area (Å²) < 4.78 is 6.27. The van der Waals surface area contributed by atoms with Crippen molar-refractivity contribution in [2.24, 2.45) is 0 Å². The molecule has 1 amide bonds. The van der Waals surface area contributed by atoms with Crippen LogP contribution in [-0.4, -0.2) is 22.8 Å². The fourth-order valence-electron chi connectivity index (χ4n) is 1.89. The number of benzene rings is 1. The Morgan fingerprint density at radius 2 is 2.09 bits per heavy atom. The van der Waals surface area contributed by atoms with Crippen molar-refractivity contribution in [1.82, 2.24) is 9.78 Å². The summed E-state index contributed by atoms with van der Waals surface area (Å²) in [6.07, 6.45) is 0. The van der Waals surface area contributed by atoms with E-state index < -0.39 is 5.91 Å². The van der Waals surface area contributed by atoms with Crippen LogP contribution in [0.5, 0.6) is 5.75 Å². The Labute approximate surface area is 132 Å². The lowest BCUT2D eigenvalue weighted by Crippen LogP contribution is -2.30. The molecule has 0 radical (unpaired) electrons. The van der Waals surface area contributed by atoms with Gasteiger partial charge in [0.15, 0.2) is 0 Å².